The molecule has 2 rings (SSSR count). The van der Waals surface area contributed by atoms with E-state index < -0.39 is 11.8 Å². The van der Waals surface area contributed by atoms with Crippen LogP contribution in [0, 0.1) is 0 Å². The molecule has 0 aliphatic carbocycles. The van der Waals surface area contributed by atoms with Gasteiger partial charge in [-0.15, -0.1) is 0 Å². The Morgan fingerprint density at radius 3 is 2.58 bits per heavy atom. The molecule has 7 heteroatoms. The van der Waals surface area contributed by atoms with Crippen LogP contribution < -0.4 is 16.2 Å². The van der Waals surface area contributed by atoms with Gasteiger partial charge < -0.3 is 21.2 Å². The van der Waals surface area contributed by atoms with E-state index in [1.54, 1.807) is 12.1 Å². The Morgan fingerprint density at radius 1 is 1.37 bits per heavy atom. The minimum absolute atomic E-state index is 0.0765. The molecule has 100 valence electrons. The van der Waals surface area contributed by atoms with Gasteiger partial charge in [-0.05, 0) is 22.0 Å². The van der Waals surface area contributed by atoms with Crippen molar-refractivity contribution in [3.05, 3.63) is 27.9 Å². The van der Waals surface area contributed by atoms with E-state index in [1.807, 2.05) is 0 Å². The van der Waals surface area contributed by atoms with Crippen molar-refractivity contribution >= 4 is 38.6 Å². The van der Waals surface area contributed by atoms with Gasteiger partial charge in [0.05, 0.1) is 29.1 Å². The third kappa shape index (κ3) is 2.41. The van der Waals surface area contributed by atoms with E-state index in [0.717, 1.165) is 0 Å². The molecule has 0 atom stereocenters. The van der Waals surface area contributed by atoms with Crippen LogP contribution in [-0.2, 0) is 11.2 Å². The first kappa shape index (κ1) is 13.4. The van der Waals surface area contributed by atoms with Crippen LogP contribution in [0.1, 0.15) is 16.1 Å². The zero-order valence-corrected chi connectivity index (χ0v) is 11.7. The van der Waals surface area contributed by atoms with Crippen molar-refractivity contribution in [1.82, 2.24) is 4.98 Å². The summed E-state index contributed by atoms with van der Waals surface area (Å²) >= 11 is 3.34. The maximum atomic E-state index is 11.5. The van der Waals surface area contributed by atoms with Crippen molar-refractivity contribution < 1.29 is 14.3 Å². The van der Waals surface area contributed by atoms with Gasteiger partial charge in [0.25, 0.3) is 5.91 Å². The van der Waals surface area contributed by atoms with Crippen molar-refractivity contribution in [2.75, 3.05) is 7.11 Å². The van der Waals surface area contributed by atoms with E-state index in [-0.39, 0.29) is 12.0 Å². The van der Waals surface area contributed by atoms with Crippen molar-refractivity contribution in [1.29, 1.82) is 0 Å². The summed E-state index contributed by atoms with van der Waals surface area (Å²) in [5.74, 6) is -0.546. The lowest BCUT2D eigenvalue weighted by molar-refractivity contribution is -0.117. The second-order valence-electron chi connectivity index (χ2n) is 4.02. The van der Waals surface area contributed by atoms with E-state index in [9.17, 15) is 9.59 Å². The number of fused-ring (bicyclic) bond motifs is 1. The molecule has 0 aliphatic rings. The van der Waals surface area contributed by atoms with Gasteiger partial charge in [0.15, 0.2) is 0 Å². The largest absolute Gasteiger partial charge is 0.495 e. The van der Waals surface area contributed by atoms with Gasteiger partial charge in [-0.1, -0.05) is 0 Å². The second kappa shape index (κ2) is 4.93. The minimum Gasteiger partial charge on any atom is -0.495 e. The quantitative estimate of drug-likeness (QED) is 0.781. The molecular weight excluding hydrogens is 314 g/mol. The first-order valence-corrected chi connectivity index (χ1v) is 6.19. The van der Waals surface area contributed by atoms with Crippen LogP contribution in [-0.4, -0.2) is 23.9 Å². The summed E-state index contributed by atoms with van der Waals surface area (Å²) in [5, 5.41) is 0.622. The van der Waals surface area contributed by atoms with Crippen LogP contribution in [0.5, 0.6) is 5.75 Å². The first-order valence-electron chi connectivity index (χ1n) is 5.40. The maximum Gasteiger partial charge on any atom is 0.251 e. The molecule has 1 aromatic heterocycles. The summed E-state index contributed by atoms with van der Waals surface area (Å²) in [4.78, 5) is 25.6. The number of ether oxygens (including phenoxy) is 1. The molecule has 0 fully saturated rings. The molecule has 0 saturated carbocycles. The third-order valence-electron chi connectivity index (χ3n) is 2.75. The monoisotopic (exact) mass is 325 g/mol. The molecule has 2 amide bonds. The molecule has 0 radical (unpaired) electrons. The van der Waals surface area contributed by atoms with Crippen LogP contribution in [0.3, 0.4) is 0 Å². The molecule has 2 aromatic rings. The van der Waals surface area contributed by atoms with E-state index in [1.165, 1.54) is 7.11 Å². The Morgan fingerprint density at radius 2 is 2.05 bits per heavy atom. The number of primary amides is 2. The molecule has 0 spiro atoms. The fourth-order valence-corrected chi connectivity index (χ4v) is 2.50. The molecule has 0 unspecified atom stereocenters. The van der Waals surface area contributed by atoms with Gasteiger partial charge >= 0.3 is 0 Å². The number of halogens is 1. The fraction of sp³-hybridized carbons (Fsp3) is 0.167. The molecule has 6 nitrogen and oxygen atoms in total. The van der Waals surface area contributed by atoms with Crippen LogP contribution >= 0.6 is 15.9 Å². The number of carbonyl (C=O) groups is 2. The summed E-state index contributed by atoms with van der Waals surface area (Å²) in [7, 11) is 1.54. The van der Waals surface area contributed by atoms with Crippen molar-refractivity contribution in [2.24, 2.45) is 11.5 Å². The normalized spacial score (nSPS) is 10.6. The first-order chi connectivity index (χ1) is 8.93. The van der Waals surface area contributed by atoms with Crippen LogP contribution in [0.25, 0.3) is 10.9 Å². The lowest BCUT2D eigenvalue weighted by Gasteiger charge is -2.03. The number of benzene rings is 1. The summed E-state index contributed by atoms with van der Waals surface area (Å²) in [5.41, 5.74) is 11.9. The van der Waals surface area contributed by atoms with Gasteiger partial charge in [0.2, 0.25) is 5.91 Å². The number of amides is 2. The van der Waals surface area contributed by atoms with Crippen LogP contribution in [0.4, 0.5) is 0 Å². The predicted molar refractivity (Wildman–Crippen MR) is 74.0 cm³/mol. The standard InChI is InChI=1S/C12H12BrN3O3/c1-19-9-3-7-5(2-6(9)13)11(12(15)18)8(16-7)4-10(14)17/h2-3,16H,4H2,1H3,(H2,14,17)(H2,15,18). The number of hydrogen-bond donors (Lipinski definition) is 3. The Hall–Kier alpha value is -2.02. The molecule has 5 N–H and O–H groups in total. The molecule has 19 heavy (non-hydrogen) atoms. The fourth-order valence-electron chi connectivity index (χ4n) is 2.00. The van der Waals surface area contributed by atoms with Gasteiger partial charge in [0, 0.05) is 17.1 Å². The average molecular weight is 326 g/mol. The van der Waals surface area contributed by atoms with Crippen molar-refractivity contribution in [3.63, 3.8) is 0 Å². The van der Waals surface area contributed by atoms with Gasteiger partial charge in [-0.2, -0.15) is 0 Å². The highest BCUT2D eigenvalue weighted by molar-refractivity contribution is 9.10. The smallest absolute Gasteiger partial charge is 0.251 e. The molecule has 0 saturated heterocycles. The number of nitrogens with two attached hydrogens (primary N) is 2. The van der Waals surface area contributed by atoms with Gasteiger partial charge in [0.1, 0.15) is 5.75 Å². The summed E-state index contributed by atoms with van der Waals surface area (Å²) < 4.78 is 5.86. The van der Waals surface area contributed by atoms with Gasteiger partial charge in [-0.25, -0.2) is 0 Å². The lowest BCUT2D eigenvalue weighted by Crippen LogP contribution is -2.18. The van der Waals surface area contributed by atoms with E-state index in [2.05, 4.69) is 20.9 Å². The molecular formula is C12H12BrN3O3. The second-order valence-corrected chi connectivity index (χ2v) is 4.87. The van der Waals surface area contributed by atoms with Crippen molar-refractivity contribution in [2.45, 2.75) is 6.42 Å². The molecule has 0 aliphatic heterocycles. The Labute approximate surface area is 117 Å². The van der Waals surface area contributed by atoms with Crippen LogP contribution in [0.2, 0.25) is 0 Å². The zero-order valence-electron chi connectivity index (χ0n) is 10.1. The summed E-state index contributed by atoms with van der Waals surface area (Å²) in [6.07, 6.45) is -0.0765. The summed E-state index contributed by atoms with van der Waals surface area (Å²) in [6.45, 7) is 0. The number of methoxy groups -OCH3 is 1. The lowest BCUT2D eigenvalue weighted by atomic mass is 10.1. The Bertz CT molecular complexity index is 678. The SMILES string of the molecule is COc1cc2[nH]c(CC(N)=O)c(C(N)=O)c2cc1Br. The zero-order chi connectivity index (χ0) is 14.2. The van der Waals surface area contributed by atoms with Gasteiger partial charge in [-0.3, -0.25) is 9.59 Å². The van der Waals surface area contributed by atoms with E-state index >= 15 is 0 Å². The van der Waals surface area contributed by atoms with Crippen LogP contribution in [0.15, 0.2) is 16.6 Å². The highest BCUT2D eigenvalue weighted by atomic mass is 79.9. The molecule has 1 aromatic carbocycles. The molecule has 0 bridgehead atoms. The number of aromatic nitrogens is 1. The van der Waals surface area contributed by atoms with Crippen molar-refractivity contribution in [3.8, 4) is 5.75 Å². The number of rotatable bonds is 4. The van der Waals surface area contributed by atoms with E-state index in [4.69, 9.17) is 16.2 Å². The Balaban J connectivity index is 2.73. The third-order valence-corrected chi connectivity index (χ3v) is 3.37. The van der Waals surface area contributed by atoms with E-state index in [0.29, 0.717) is 26.8 Å². The minimum atomic E-state index is -0.612. The molecule has 1 heterocycles. The number of carbonyl (C=O) groups excluding carboxylic acids is 2. The predicted octanol–water partition coefficient (Wildman–Crippen LogP) is 1.07. The Kier molecular flexibility index (Phi) is 3.48. The average Bonchev–Trinajstić information content (AvgIpc) is 2.63. The number of aromatic amines is 1. The number of hydrogen-bond acceptors (Lipinski definition) is 3. The highest BCUT2D eigenvalue weighted by Gasteiger charge is 2.19. The topological polar surface area (TPSA) is 111 Å². The number of nitrogens with one attached hydrogen (secondary N) is 1. The summed E-state index contributed by atoms with van der Waals surface area (Å²) in [6, 6.07) is 3.44. The maximum absolute atomic E-state index is 11.5. The number of H-pyrrole nitrogens is 1. The highest BCUT2D eigenvalue weighted by Crippen LogP contribution is 2.33.